The lowest BCUT2D eigenvalue weighted by molar-refractivity contribution is -0.120. The van der Waals surface area contributed by atoms with Crippen molar-refractivity contribution in [2.24, 2.45) is 0 Å². The molecule has 2 aromatic heterocycles. The van der Waals surface area contributed by atoms with Crippen molar-refractivity contribution in [1.82, 2.24) is 15.3 Å². The smallest absolute Gasteiger partial charge is 0.217 e. The molecule has 1 N–H and O–H groups in total. The molecule has 42 heavy (non-hydrogen) atoms. The van der Waals surface area contributed by atoms with Crippen LogP contribution in [0.1, 0.15) is 41.7 Å². The van der Waals surface area contributed by atoms with Crippen LogP contribution in [-0.4, -0.2) is 33.3 Å². The molecule has 0 aromatic carbocycles. The number of halogens is 3. The number of ether oxygens (including phenoxy) is 1. The van der Waals surface area contributed by atoms with E-state index in [-0.39, 0.29) is 33.9 Å². The predicted octanol–water partition coefficient (Wildman–Crippen LogP) is 5.06. The van der Waals surface area contributed by atoms with Crippen molar-refractivity contribution >= 4 is 40.9 Å². The molecule has 4 heterocycles. The third kappa shape index (κ3) is 5.94. The summed E-state index contributed by atoms with van der Waals surface area (Å²) in [5.74, 6) is 1.07. The fraction of sp³-hybridized carbons (Fsp3) is 0.233. The number of amides is 1. The molecule has 4 rings (SSSR count). The zero-order valence-corrected chi connectivity index (χ0v) is 23.9. The van der Waals surface area contributed by atoms with Crippen molar-refractivity contribution in [3.63, 3.8) is 0 Å². The van der Waals surface area contributed by atoms with Crippen LogP contribution in [0.4, 0.5) is 20.3 Å². The molecular weight excluding hydrogens is 568 g/mol. The number of carbonyl (C=O) groups is 1. The molecule has 0 aliphatic carbocycles. The Morgan fingerprint density at radius 1 is 1.17 bits per heavy atom. The van der Waals surface area contributed by atoms with E-state index in [4.69, 9.17) is 19.1 Å². The van der Waals surface area contributed by atoms with Gasteiger partial charge in [0.2, 0.25) is 5.91 Å². The summed E-state index contributed by atoms with van der Waals surface area (Å²) in [4.78, 5) is 47.1. The first-order chi connectivity index (χ1) is 20.6. The van der Waals surface area contributed by atoms with Crippen LogP contribution in [0.25, 0.3) is 0 Å². The Kier molecular flexibility index (Phi) is 7.79. The second kappa shape index (κ2) is 12.0. The molecule has 0 saturated heterocycles. The van der Waals surface area contributed by atoms with E-state index < -0.39 is 29.4 Å². The van der Waals surface area contributed by atoms with Gasteiger partial charge in [-0.1, -0.05) is 17.7 Å². The first kappa shape index (κ1) is 27.4. The van der Waals surface area contributed by atoms with Gasteiger partial charge in [-0.25, -0.2) is 23.4 Å². The van der Waals surface area contributed by atoms with Crippen molar-refractivity contribution in [1.29, 1.82) is 0 Å². The molecule has 0 unspecified atom stereocenters. The first-order valence-electron chi connectivity index (χ1n) is 13.4. The highest BCUT2D eigenvalue weighted by Gasteiger charge is 2.33. The molecule has 1 amide bonds. The van der Waals surface area contributed by atoms with Gasteiger partial charge in [-0.3, -0.25) is 14.7 Å². The largest absolute Gasteiger partial charge is 0.485 e. The molecule has 12 heteroatoms. The van der Waals surface area contributed by atoms with Crippen LogP contribution in [0.3, 0.4) is 0 Å². The standard InChI is InChI=1S/C30H26ClF2N5O4/c1-17-12-35-28(37-8-6-7-21(25(37)14-39)30(4,5)36-19(3)41)11-24(17)38-18(2)9-27(29(31)26(38)15-40)42-16-23-22(33)10-20(32)13-34-23/h6-13H,16H2,1-5H3,(H,36,41)/i16D2. The van der Waals surface area contributed by atoms with E-state index in [2.05, 4.69) is 15.3 Å². The molecule has 0 fully saturated rings. The van der Waals surface area contributed by atoms with Crippen LogP contribution in [0.2, 0.25) is 0 Å². The Morgan fingerprint density at radius 2 is 1.88 bits per heavy atom. The van der Waals surface area contributed by atoms with Crippen LogP contribution < -0.4 is 15.1 Å². The quantitative estimate of drug-likeness (QED) is 0.443. The Bertz CT molecular complexity index is 1790. The highest BCUT2D eigenvalue weighted by atomic mass is 35.5. The highest BCUT2D eigenvalue weighted by molar-refractivity contribution is 6.33. The van der Waals surface area contributed by atoms with Crippen molar-refractivity contribution in [3.05, 3.63) is 105 Å². The van der Waals surface area contributed by atoms with Gasteiger partial charge in [0.25, 0.3) is 0 Å². The number of hydrogen-bond donors (Lipinski definition) is 1. The van der Waals surface area contributed by atoms with Gasteiger partial charge in [0.1, 0.15) is 40.4 Å². The third-order valence-electron chi connectivity index (χ3n) is 6.30. The van der Waals surface area contributed by atoms with Crippen LogP contribution in [-0.2, 0) is 25.7 Å². The van der Waals surface area contributed by atoms with E-state index in [1.807, 2.05) is 5.94 Å². The Hall–Kier alpha value is -4.82. The SMILES string of the molecule is [2H]C([2H])(OC1=C(Cl)C(=C=O)N(c2cc(N3C=CC=C(C(C)(C)NC(C)=O)C3=C=O)ncc2C)C(C)=C1)c1ncc(F)cc1F. The molecule has 2 aromatic rings. The van der Waals surface area contributed by atoms with Gasteiger partial charge < -0.3 is 15.0 Å². The topological polar surface area (TPSA) is 105 Å². The number of aryl methyl sites for hydroxylation is 1. The zero-order chi connectivity index (χ0) is 32.6. The second-order valence-corrected chi connectivity index (χ2v) is 10.2. The maximum Gasteiger partial charge on any atom is 0.217 e. The van der Waals surface area contributed by atoms with Crippen molar-refractivity contribution in [2.45, 2.75) is 46.7 Å². The van der Waals surface area contributed by atoms with Crippen LogP contribution in [0.15, 0.2) is 82.4 Å². The maximum atomic E-state index is 14.3. The van der Waals surface area contributed by atoms with Gasteiger partial charge in [-0.2, -0.15) is 0 Å². The van der Waals surface area contributed by atoms with Crippen molar-refractivity contribution in [2.75, 3.05) is 9.80 Å². The summed E-state index contributed by atoms with van der Waals surface area (Å²) >= 11 is 6.51. The van der Waals surface area contributed by atoms with Gasteiger partial charge in [0.15, 0.2) is 23.4 Å². The summed E-state index contributed by atoms with van der Waals surface area (Å²) in [6, 6.07) is 2.05. The Balaban J connectivity index is 1.72. The fourth-order valence-corrected chi connectivity index (χ4v) is 4.68. The molecule has 2 aliphatic rings. The minimum absolute atomic E-state index is 0.100. The van der Waals surface area contributed by atoms with Crippen LogP contribution in [0, 0.1) is 18.6 Å². The molecule has 0 atom stereocenters. The van der Waals surface area contributed by atoms with Gasteiger partial charge in [-0.05, 0) is 39.3 Å². The van der Waals surface area contributed by atoms with Crippen molar-refractivity contribution in [3.8, 4) is 0 Å². The first-order valence-corrected chi connectivity index (χ1v) is 12.8. The average Bonchev–Trinajstić information content (AvgIpc) is 2.93. The molecule has 2 aliphatic heterocycles. The van der Waals surface area contributed by atoms with Gasteiger partial charge in [-0.15, -0.1) is 0 Å². The number of nitrogens with one attached hydrogen (secondary N) is 1. The van der Waals surface area contributed by atoms with E-state index in [1.165, 1.54) is 29.0 Å². The number of nitrogens with zero attached hydrogens (tertiary/aromatic N) is 4. The lowest BCUT2D eigenvalue weighted by Gasteiger charge is -2.35. The predicted molar refractivity (Wildman–Crippen MR) is 153 cm³/mol. The van der Waals surface area contributed by atoms with E-state index >= 15 is 0 Å². The number of anilines is 2. The monoisotopic (exact) mass is 595 g/mol. The Morgan fingerprint density at radius 3 is 2.52 bits per heavy atom. The van der Waals surface area contributed by atoms with Gasteiger partial charge in [0, 0.05) is 48.8 Å². The summed E-state index contributed by atoms with van der Waals surface area (Å²) in [6.45, 7) is 5.26. The summed E-state index contributed by atoms with van der Waals surface area (Å²) < 4.78 is 49.4. The number of pyridine rings is 2. The highest BCUT2D eigenvalue weighted by Crippen LogP contribution is 2.39. The number of aromatic nitrogens is 2. The van der Waals surface area contributed by atoms with Crippen LogP contribution >= 0.6 is 11.6 Å². The lowest BCUT2D eigenvalue weighted by Crippen LogP contribution is -2.46. The molecule has 216 valence electrons. The van der Waals surface area contributed by atoms with E-state index in [0.717, 1.165) is 0 Å². The number of rotatable bonds is 7. The minimum atomic E-state index is -2.89. The molecule has 0 saturated carbocycles. The molecule has 0 bridgehead atoms. The van der Waals surface area contributed by atoms with Gasteiger partial charge in [0.05, 0.1) is 20.2 Å². The van der Waals surface area contributed by atoms with E-state index in [0.29, 0.717) is 34.8 Å². The number of hydrogen-bond acceptors (Lipinski definition) is 8. The molecular formula is C30H26ClF2N5O4. The van der Waals surface area contributed by atoms with Crippen molar-refractivity contribution < 1.29 is 30.6 Å². The second-order valence-electron chi connectivity index (χ2n) is 9.82. The van der Waals surface area contributed by atoms with E-state index in [9.17, 15) is 23.2 Å². The number of carbonyl (C=O) groups excluding carboxylic acids is 3. The lowest BCUT2D eigenvalue weighted by atomic mass is 9.89. The summed E-state index contributed by atoms with van der Waals surface area (Å²) in [6.07, 6.45) is 8.44. The summed E-state index contributed by atoms with van der Waals surface area (Å²) in [5, 5.41) is 2.46. The maximum absolute atomic E-state index is 14.3. The van der Waals surface area contributed by atoms with Crippen LogP contribution in [0.5, 0.6) is 0 Å². The summed E-state index contributed by atoms with van der Waals surface area (Å²) in [7, 11) is 0. The van der Waals surface area contributed by atoms with E-state index in [1.54, 1.807) is 58.1 Å². The molecule has 0 spiro atoms. The third-order valence-corrected chi connectivity index (χ3v) is 6.67. The number of allylic oxidation sites excluding steroid dienone is 5. The molecule has 0 radical (unpaired) electrons. The summed E-state index contributed by atoms with van der Waals surface area (Å²) in [5.41, 5.74) is -0.0987. The minimum Gasteiger partial charge on any atom is -0.485 e. The normalized spacial score (nSPS) is 16.3. The zero-order valence-electron chi connectivity index (χ0n) is 25.2. The fourth-order valence-electron chi connectivity index (χ4n) is 4.47. The molecule has 9 nitrogen and oxygen atoms in total. The average molecular weight is 596 g/mol. The Labute approximate surface area is 248 Å². The van der Waals surface area contributed by atoms with Gasteiger partial charge >= 0.3 is 0 Å².